The number of ether oxygens (including phenoxy) is 1. The second-order valence-corrected chi connectivity index (χ2v) is 6.27. The molecule has 0 aliphatic carbocycles. The third kappa shape index (κ3) is 3.33. The Morgan fingerprint density at radius 2 is 2.19 bits per heavy atom. The maximum atomic E-state index is 11.7. The number of alkyl halides is 1. The van der Waals surface area contributed by atoms with Crippen LogP contribution in [-0.2, 0) is 19.6 Å². The molecule has 1 rings (SSSR count). The van der Waals surface area contributed by atoms with Gasteiger partial charge >= 0.3 is 5.97 Å². The van der Waals surface area contributed by atoms with E-state index in [4.69, 9.17) is 11.6 Å². The van der Waals surface area contributed by atoms with Crippen LogP contribution in [0.3, 0.4) is 0 Å². The number of piperidine rings is 1. The van der Waals surface area contributed by atoms with Crippen LogP contribution in [0, 0.1) is 0 Å². The largest absolute Gasteiger partial charge is 0.469 e. The summed E-state index contributed by atoms with van der Waals surface area (Å²) in [5.41, 5.74) is 0. The van der Waals surface area contributed by atoms with Gasteiger partial charge in [-0.25, -0.2) is 8.42 Å². The molecule has 0 aromatic rings. The molecule has 1 saturated heterocycles. The summed E-state index contributed by atoms with van der Waals surface area (Å²) >= 11 is 5.42. The fourth-order valence-electron chi connectivity index (χ4n) is 1.88. The van der Waals surface area contributed by atoms with Crippen LogP contribution in [0.1, 0.15) is 25.7 Å². The number of rotatable bonds is 4. The highest BCUT2D eigenvalue weighted by Gasteiger charge is 2.33. The highest BCUT2D eigenvalue weighted by atomic mass is 35.5. The van der Waals surface area contributed by atoms with Crippen LogP contribution in [-0.4, -0.2) is 43.6 Å². The lowest BCUT2D eigenvalue weighted by atomic mass is 10.0. The predicted molar refractivity (Wildman–Crippen MR) is 60.6 cm³/mol. The zero-order valence-electron chi connectivity index (χ0n) is 9.19. The maximum Gasteiger partial charge on any atom is 0.307 e. The number of halogens is 1. The van der Waals surface area contributed by atoms with Gasteiger partial charge in [-0.15, -0.1) is 11.6 Å². The molecule has 1 unspecified atom stereocenters. The van der Waals surface area contributed by atoms with Crippen LogP contribution in [0.4, 0.5) is 0 Å². The van der Waals surface area contributed by atoms with Crippen molar-refractivity contribution < 1.29 is 17.9 Å². The van der Waals surface area contributed by atoms with Gasteiger partial charge in [0.25, 0.3) is 0 Å². The zero-order chi connectivity index (χ0) is 12.2. The van der Waals surface area contributed by atoms with Crippen molar-refractivity contribution in [2.24, 2.45) is 0 Å². The molecule has 7 heteroatoms. The number of hydrogen-bond acceptors (Lipinski definition) is 4. The number of methoxy groups -OCH3 is 1. The molecule has 0 N–H and O–H groups in total. The molecule has 0 saturated carbocycles. The molecule has 0 aromatic heterocycles. The molecule has 0 amide bonds. The first-order chi connectivity index (χ1) is 7.51. The van der Waals surface area contributed by atoms with E-state index in [9.17, 15) is 13.2 Å². The second-order valence-electron chi connectivity index (χ2n) is 3.76. The third-order valence-corrected chi connectivity index (χ3v) is 5.00. The standard InChI is InChI=1S/C9H16ClNO4S/c1-15-9(12)6-8-4-2-3-5-11(8)16(13,14)7-10/h8H,2-7H2,1H3. The molecule has 1 fully saturated rings. The Labute approximate surface area is 101 Å². The molecule has 94 valence electrons. The predicted octanol–water partition coefficient (Wildman–Crippen LogP) is 0.930. The van der Waals surface area contributed by atoms with E-state index in [0.29, 0.717) is 13.0 Å². The van der Waals surface area contributed by atoms with Gasteiger partial charge in [-0.05, 0) is 12.8 Å². The van der Waals surface area contributed by atoms with E-state index < -0.39 is 15.2 Å². The van der Waals surface area contributed by atoms with E-state index in [-0.39, 0.29) is 18.4 Å². The average Bonchev–Trinajstić information content (AvgIpc) is 2.29. The summed E-state index contributed by atoms with van der Waals surface area (Å²) in [5.74, 6) is -0.387. The average molecular weight is 270 g/mol. The van der Waals surface area contributed by atoms with Crippen molar-refractivity contribution in [3.8, 4) is 0 Å². The second kappa shape index (κ2) is 5.84. The number of nitrogens with zero attached hydrogens (tertiary/aromatic N) is 1. The maximum absolute atomic E-state index is 11.7. The molecular weight excluding hydrogens is 254 g/mol. The Bertz CT molecular complexity index is 343. The zero-order valence-corrected chi connectivity index (χ0v) is 10.8. The van der Waals surface area contributed by atoms with E-state index in [2.05, 4.69) is 4.74 Å². The van der Waals surface area contributed by atoms with Crippen molar-refractivity contribution >= 4 is 27.6 Å². The lowest BCUT2D eigenvalue weighted by Gasteiger charge is -2.33. The first-order valence-electron chi connectivity index (χ1n) is 5.13. The van der Waals surface area contributed by atoms with Gasteiger partial charge in [0.15, 0.2) is 0 Å². The monoisotopic (exact) mass is 269 g/mol. The molecular formula is C9H16ClNO4S. The first kappa shape index (κ1) is 13.7. The summed E-state index contributed by atoms with van der Waals surface area (Å²) in [4.78, 5) is 11.2. The highest BCUT2D eigenvalue weighted by molar-refractivity contribution is 7.90. The number of sulfonamides is 1. The van der Waals surface area contributed by atoms with Crippen molar-refractivity contribution in [2.45, 2.75) is 31.7 Å². The smallest absolute Gasteiger partial charge is 0.307 e. The van der Waals surface area contributed by atoms with Gasteiger partial charge < -0.3 is 4.74 Å². The van der Waals surface area contributed by atoms with Crippen molar-refractivity contribution in [1.82, 2.24) is 4.31 Å². The van der Waals surface area contributed by atoms with Gasteiger partial charge in [0.05, 0.1) is 13.5 Å². The normalized spacial score (nSPS) is 23.0. The quantitative estimate of drug-likeness (QED) is 0.563. The summed E-state index contributed by atoms with van der Waals surface area (Å²) in [6.07, 6.45) is 2.53. The Morgan fingerprint density at radius 3 is 2.75 bits per heavy atom. The number of carbonyl (C=O) groups is 1. The minimum absolute atomic E-state index is 0.104. The molecule has 1 aliphatic heterocycles. The molecule has 16 heavy (non-hydrogen) atoms. The molecule has 0 bridgehead atoms. The van der Waals surface area contributed by atoms with Crippen molar-refractivity contribution in [3.05, 3.63) is 0 Å². The fraction of sp³-hybridized carbons (Fsp3) is 0.889. The summed E-state index contributed by atoms with van der Waals surface area (Å²) < 4.78 is 29.2. The summed E-state index contributed by atoms with van der Waals surface area (Å²) in [7, 11) is -2.14. The molecule has 0 radical (unpaired) electrons. The van der Waals surface area contributed by atoms with E-state index >= 15 is 0 Å². The van der Waals surface area contributed by atoms with E-state index in [1.807, 2.05) is 0 Å². The van der Waals surface area contributed by atoms with Gasteiger partial charge in [0.2, 0.25) is 10.0 Å². The van der Waals surface area contributed by atoms with E-state index in [0.717, 1.165) is 12.8 Å². The Hall–Kier alpha value is -0.330. The fourth-order valence-corrected chi connectivity index (χ4v) is 3.43. The topological polar surface area (TPSA) is 63.7 Å². The molecule has 1 aliphatic rings. The lowest BCUT2D eigenvalue weighted by Crippen LogP contribution is -2.45. The van der Waals surface area contributed by atoms with Crippen LogP contribution in [0.5, 0.6) is 0 Å². The SMILES string of the molecule is COC(=O)CC1CCCCN1S(=O)(=O)CCl. The molecule has 1 atom stereocenters. The third-order valence-electron chi connectivity index (χ3n) is 2.70. The van der Waals surface area contributed by atoms with Crippen LogP contribution in [0.2, 0.25) is 0 Å². The van der Waals surface area contributed by atoms with E-state index in [1.165, 1.54) is 11.4 Å². The molecule has 0 spiro atoms. The Balaban J connectivity index is 2.75. The van der Waals surface area contributed by atoms with Gasteiger partial charge in [-0.3, -0.25) is 4.79 Å². The van der Waals surface area contributed by atoms with Crippen LogP contribution in [0.25, 0.3) is 0 Å². The Kier molecular flexibility index (Phi) is 5.01. The summed E-state index contributed by atoms with van der Waals surface area (Å²) in [6.45, 7) is 0.441. The van der Waals surface area contributed by atoms with Crippen molar-refractivity contribution in [1.29, 1.82) is 0 Å². The number of carbonyl (C=O) groups excluding carboxylic acids is 1. The van der Waals surface area contributed by atoms with Gasteiger partial charge in [0.1, 0.15) is 5.21 Å². The number of hydrogen-bond donors (Lipinski definition) is 0. The van der Waals surface area contributed by atoms with Crippen molar-refractivity contribution in [2.75, 3.05) is 18.9 Å². The van der Waals surface area contributed by atoms with Gasteiger partial charge in [-0.2, -0.15) is 4.31 Å². The minimum atomic E-state index is -3.43. The molecule has 0 aromatic carbocycles. The van der Waals surface area contributed by atoms with Gasteiger partial charge in [-0.1, -0.05) is 6.42 Å². The highest BCUT2D eigenvalue weighted by Crippen LogP contribution is 2.23. The Morgan fingerprint density at radius 1 is 1.50 bits per heavy atom. The summed E-state index contributed by atoms with van der Waals surface area (Å²) in [6, 6.07) is -0.301. The molecule has 5 nitrogen and oxygen atoms in total. The van der Waals surface area contributed by atoms with Crippen LogP contribution >= 0.6 is 11.6 Å². The van der Waals surface area contributed by atoms with E-state index in [1.54, 1.807) is 0 Å². The van der Waals surface area contributed by atoms with Crippen LogP contribution < -0.4 is 0 Å². The lowest BCUT2D eigenvalue weighted by molar-refractivity contribution is -0.141. The first-order valence-corrected chi connectivity index (χ1v) is 7.28. The van der Waals surface area contributed by atoms with Gasteiger partial charge in [0, 0.05) is 12.6 Å². The summed E-state index contributed by atoms with van der Waals surface area (Å²) in [5, 5.41) is -0.440. The van der Waals surface area contributed by atoms with Crippen LogP contribution in [0.15, 0.2) is 0 Å². The molecule has 1 heterocycles. The minimum Gasteiger partial charge on any atom is -0.469 e. The van der Waals surface area contributed by atoms with Crippen molar-refractivity contribution in [3.63, 3.8) is 0 Å². The number of esters is 1.